The molecule has 0 aliphatic rings. The summed E-state index contributed by atoms with van der Waals surface area (Å²) in [7, 11) is 0. The van der Waals surface area contributed by atoms with Crippen LogP contribution in [-0.4, -0.2) is 13.2 Å². The van der Waals surface area contributed by atoms with Gasteiger partial charge in [0.2, 0.25) is 0 Å². The predicted molar refractivity (Wildman–Crippen MR) is 78.2 cm³/mol. The van der Waals surface area contributed by atoms with E-state index in [9.17, 15) is 8.78 Å². The second kappa shape index (κ2) is 8.90. The number of hydrogen-bond donors (Lipinski definition) is 1. The van der Waals surface area contributed by atoms with Crippen molar-refractivity contribution in [3.63, 3.8) is 0 Å². The van der Waals surface area contributed by atoms with Gasteiger partial charge in [-0.05, 0) is 43.0 Å². The normalized spacial score (nSPS) is 14.3. The Kier molecular flexibility index (Phi) is 7.52. The first-order valence-corrected chi connectivity index (χ1v) is 7.36. The van der Waals surface area contributed by atoms with Crippen LogP contribution in [-0.2, 0) is 0 Å². The highest BCUT2D eigenvalue weighted by atomic mass is 19.3. The minimum absolute atomic E-state index is 0.209. The second-order valence-electron chi connectivity index (χ2n) is 5.15. The first-order chi connectivity index (χ1) is 9.58. The number of hydrogen-bond acceptors (Lipinski definition) is 2. The third-order valence-electron chi connectivity index (χ3n) is 3.39. The van der Waals surface area contributed by atoms with Gasteiger partial charge in [-0.2, -0.15) is 8.78 Å². The first-order valence-electron chi connectivity index (χ1n) is 7.36. The summed E-state index contributed by atoms with van der Waals surface area (Å²) >= 11 is 0. The fourth-order valence-corrected chi connectivity index (χ4v) is 2.43. The van der Waals surface area contributed by atoms with Crippen LogP contribution in [0.25, 0.3) is 0 Å². The van der Waals surface area contributed by atoms with Crippen molar-refractivity contribution in [3.05, 3.63) is 29.8 Å². The first kappa shape index (κ1) is 16.9. The monoisotopic (exact) mass is 285 g/mol. The van der Waals surface area contributed by atoms with Crippen LogP contribution in [0.2, 0.25) is 0 Å². The highest BCUT2D eigenvalue weighted by Crippen LogP contribution is 2.27. The third kappa shape index (κ3) is 5.45. The van der Waals surface area contributed by atoms with Gasteiger partial charge in [0.1, 0.15) is 5.75 Å². The summed E-state index contributed by atoms with van der Waals surface area (Å²) in [6.07, 6.45) is 3.34. The number of halogens is 2. The summed E-state index contributed by atoms with van der Waals surface area (Å²) < 4.78 is 28.7. The maximum Gasteiger partial charge on any atom is 0.387 e. The lowest BCUT2D eigenvalue weighted by Gasteiger charge is -2.25. The van der Waals surface area contributed by atoms with Gasteiger partial charge >= 0.3 is 6.61 Å². The molecule has 2 unspecified atom stereocenters. The molecule has 20 heavy (non-hydrogen) atoms. The molecule has 0 bridgehead atoms. The van der Waals surface area contributed by atoms with E-state index in [0.29, 0.717) is 5.92 Å². The summed E-state index contributed by atoms with van der Waals surface area (Å²) in [5.74, 6) is 0.717. The fraction of sp³-hybridized carbons (Fsp3) is 0.625. The number of benzene rings is 1. The van der Waals surface area contributed by atoms with Crippen LogP contribution in [0.3, 0.4) is 0 Å². The molecule has 1 aromatic carbocycles. The van der Waals surface area contributed by atoms with Gasteiger partial charge in [-0.25, -0.2) is 0 Å². The molecule has 0 heterocycles. The number of rotatable bonds is 9. The molecule has 0 aliphatic carbocycles. The van der Waals surface area contributed by atoms with Crippen molar-refractivity contribution in [3.8, 4) is 5.75 Å². The lowest BCUT2D eigenvalue weighted by atomic mass is 9.91. The Hall–Kier alpha value is -1.16. The molecule has 2 nitrogen and oxygen atoms in total. The molecule has 1 rings (SSSR count). The molecule has 0 aromatic heterocycles. The van der Waals surface area contributed by atoms with Gasteiger partial charge in [0, 0.05) is 6.04 Å². The van der Waals surface area contributed by atoms with Crippen LogP contribution >= 0.6 is 0 Å². The number of nitrogens with one attached hydrogen (secondary N) is 1. The minimum Gasteiger partial charge on any atom is -0.435 e. The van der Waals surface area contributed by atoms with E-state index in [1.54, 1.807) is 12.1 Å². The number of ether oxygens (including phenoxy) is 1. The summed E-state index contributed by atoms with van der Waals surface area (Å²) in [5.41, 5.74) is 1.13. The lowest BCUT2D eigenvalue weighted by molar-refractivity contribution is -0.0498. The molecular formula is C16H25F2NO. The van der Waals surface area contributed by atoms with E-state index in [2.05, 4.69) is 30.8 Å². The minimum atomic E-state index is -2.77. The molecule has 0 aliphatic heterocycles. The van der Waals surface area contributed by atoms with Gasteiger partial charge in [-0.3, -0.25) is 0 Å². The fourth-order valence-electron chi connectivity index (χ4n) is 2.43. The van der Waals surface area contributed by atoms with Crippen LogP contribution < -0.4 is 10.1 Å². The van der Waals surface area contributed by atoms with Crippen LogP contribution in [0.15, 0.2) is 24.3 Å². The van der Waals surface area contributed by atoms with Crippen molar-refractivity contribution in [2.75, 3.05) is 6.54 Å². The Labute approximate surface area is 120 Å². The van der Waals surface area contributed by atoms with Gasteiger partial charge in [-0.1, -0.05) is 39.3 Å². The average molecular weight is 285 g/mol. The molecule has 1 N–H and O–H groups in total. The Morgan fingerprint density at radius 1 is 1.10 bits per heavy atom. The molecule has 1 aromatic rings. The van der Waals surface area contributed by atoms with Crippen molar-refractivity contribution in [1.29, 1.82) is 0 Å². The van der Waals surface area contributed by atoms with Crippen molar-refractivity contribution < 1.29 is 13.5 Å². The molecular weight excluding hydrogens is 260 g/mol. The Morgan fingerprint density at radius 3 is 2.25 bits per heavy atom. The topological polar surface area (TPSA) is 21.3 Å². The van der Waals surface area contributed by atoms with Gasteiger partial charge in [0.15, 0.2) is 0 Å². The summed E-state index contributed by atoms with van der Waals surface area (Å²) in [6, 6.07) is 7.23. The van der Waals surface area contributed by atoms with Crippen LogP contribution in [0.4, 0.5) is 8.78 Å². The highest BCUT2D eigenvalue weighted by Gasteiger charge is 2.18. The summed E-state index contributed by atoms with van der Waals surface area (Å²) in [6.45, 7) is 4.71. The highest BCUT2D eigenvalue weighted by molar-refractivity contribution is 5.29. The molecule has 0 radical (unpaired) electrons. The van der Waals surface area contributed by atoms with Crippen molar-refractivity contribution in [2.45, 2.75) is 52.7 Å². The van der Waals surface area contributed by atoms with Crippen LogP contribution in [0, 0.1) is 5.92 Å². The molecule has 4 heteroatoms. The maximum absolute atomic E-state index is 12.1. The van der Waals surface area contributed by atoms with Crippen LogP contribution in [0.5, 0.6) is 5.75 Å². The van der Waals surface area contributed by atoms with E-state index in [1.165, 1.54) is 0 Å². The smallest absolute Gasteiger partial charge is 0.387 e. The zero-order valence-electron chi connectivity index (χ0n) is 12.5. The average Bonchev–Trinajstić information content (AvgIpc) is 2.40. The van der Waals surface area contributed by atoms with E-state index in [4.69, 9.17) is 0 Å². The van der Waals surface area contributed by atoms with Gasteiger partial charge in [0.25, 0.3) is 0 Å². The van der Waals surface area contributed by atoms with E-state index in [-0.39, 0.29) is 11.8 Å². The molecule has 0 fully saturated rings. The van der Waals surface area contributed by atoms with E-state index in [1.807, 2.05) is 12.1 Å². The van der Waals surface area contributed by atoms with Gasteiger partial charge < -0.3 is 10.1 Å². The van der Waals surface area contributed by atoms with Crippen molar-refractivity contribution in [1.82, 2.24) is 5.32 Å². The predicted octanol–water partition coefficient (Wildman–Crippen LogP) is 4.76. The molecule has 2 atom stereocenters. The Morgan fingerprint density at radius 2 is 1.75 bits per heavy atom. The molecule has 0 saturated heterocycles. The molecule has 0 saturated carbocycles. The Bertz CT molecular complexity index is 367. The lowest BCUT2D eigenvalue weighted by Crippen LogP contribution is -2.27. The maximum atomic E-state index is 12.1. The summed E-state index contributed by atoms with van der Waals surface area (Å²) in [5, 5.41) is 3.54. The van der Waals surface area contributed by atoms with E-state index < -0.39 is 6.61 Å². The standard InChI is InChI=1S/C16H25F2NO/c1-4-6-12(3)15(19-11-5-2)13-7-9-14(10-8-13)20-16(17)18/h7-10,12,15-16,19H,4-6,11H2,1-3H3. The van der Waals surface area contributed by atoms with Crippen molar-refractivity contribution >= 4 is 0 Å². The summed E-state index contributed by atoms with van der Waals surface area (Å²) in [4.78, 5) is 0. The van der Waals surface area contributed by atoms with Crippen LogP contribution in [0.1, 0.15) is 51.6 Å². The van der Waals surface area contributed by atoms with E-state index >= 15 is 0 Å². The zero-order chi connectivity index (χ0) is 15.0. The second-order valence-corrected chi connectivity index (χ2v) is 5.15. The van der Waals surface area contributed by atoms with Gasteiger partial charge in [0.05, 0.1) is 0 Å². The molecule has 0 spiro atoms. The molecule has 0 amide bonds. The Balaban J connectivity index is 2.78. The zero-order valence-corrected chi connectivity index (χ0v) is 12.5. The third-order valence-corrected chi connectivity index (χ3v) is 3.39. The molecule has 114 valence electrons. The van der Waals surface area contributed by atoms with Crippen molar-refractivity contribution in [2.24, 2.45) is 5.92 Å². The quantitative estimate of drug-likeness (QED) is 0.706. The van der Waals surface area contributed by atoms with E-state index in [0.717, 1.165) is 31.4 Å². The largest absolute Gasteiger partial charge is 0.435 e. The number of alkyl halides is 2. The SMILES string of the molecule is CCCNC(c1ccc(OC(F)F)cc1)C(C)CCC. The van der Waals surface area contributed by atoms with Gasteiger partial charge in [-0.15, -0.1) is 0 Å².